The molecule has 0 atom stereocenters. The largest absolute Gasteiger partial charge is 1.00 e. The summed E-state index contributed by atoms with van der Waals surface area (Å²) in [6.07, 6.45) is 52.8. The van der Waals surface area contributed by atoms with E-state index in [9.17, 15) is 0 Å². The third-order valence-electron chi connectivity index (χ3n) is 10.9. The van der Waals surface area contributed by atoms with Crippen molar-refractivity contribution in [2.24, 2.45) is 0 Å². The van der Waals surface area contributed by atoms with Crippen LogP contribution in [0.4, 0.5) is 0 Å². The molecule has 2 heteroatoms. The van der Waals surface area contributed by atoms with Crippen LogP contribution in [0.15, 0.2) is 0 Å². The van der Waals surface area contributed by atoms with Crippen LogP contribution >= 0.6 is 0 Å². The zero-order valence-electron chi connectivity index (χ0n) is 33.1. The van der Waals surface area contributed by atoms with Gasteiger partial charge in [0.1, 0.15) is 0 Å². The second-order valence-corrected chi connectivity index (χ2v) is 15.5. The molecule has 0 aromatic rings. The monoisotopic (exact) mass is 762 g/mol. The van der Waals surface area contributed by atoms with Gasteiger partial charge in [-0.05, 0) is 38.5 Å². The molecular weight excluding hydrogens is 669 g/mol. The highest BCUT2D eigenvalue weighted by atomic mass is 127. The summed E-state index contributed by atoms with van der Waals surface area (Å²) in [5.41, 5.74) is 0. The van der Waals surface area contributed by atoms with Gasteiger partial charge in [-0.1, -0.05) is 220 Å². The summed E-state index contributed by atoms with van der Waals surface area (Å²) in [5.74, 6) is 0. The first-order chi connectivity index (χ1) is 22.2. The molecule has 1 nitrogen and oxygen atoms in total. The topological polar surface area (TPSA) is 0 Å². The Morgan fingerprint density at radius 1 is 0.196 bits per heavy atom. The summed E-state index contributed by atoms with van der Waals surface area (Å²) in [4.78, 5) is 0. The number of unbranched alkanes of at least 4 members (excludes halogenated alkanes) is 32. The summed E-state index contributed by atoms with van der Waals surface area (Å²) >= 11 is 0. The van der Waals surface area contributed by atoms with Gasteiger partial charge in [-0.15, -0.1) is 0 Å². The minimum Gasteiger partial charge on any atom is -1.00 e. The molecular formula is C44H92IN. The van der Waals surface area contributed by atoms with Crippen molar-refractivity contribution < 1.29 is 28.5 Å². The Hall–Kier alpha value is 0.690. The lowest BCUT2D eigenvalue weighted by molar-refractivity contribution is -0.929. The van der Waals surface area contributed by atoms with Crippen LogP contribution in [-0.4, -0.2) is 30.7 Å². The Kier molecular flexibility index (Phi) is 44.4. The van der Waals surface area contributed by atoms with Gasteiger partial charge in [0.25, 0.3) is 0 Å². The van der Waals surface area contributed by atoms with Gasteiger partial charge >= 0.3 is 0 Å². The predicted molar refractivity (Wildman–Crippen MR) is 209 cm³/mol. The zero-order valence-corrected chi connectivity index (χ0v) is 35.3. The predicted octanol–water partition coefficient (Wildman–Crippen LogP) is 12.9. The summed E-state index contributed by atoms with van der Waals surface area (Å²) in [6, 6.07) is 0. The van der Waals surface area contributed by atoms with Gasteiger partial charge in [0, 0.05) is 0 Å². The van der Waals surface area contributed by atoms with Crippen molar-refractivity contribution in [2.45, 2.75) is 259 Å². The third-order valence-corrected chi connectivity index (χ3v) is 10.9. The maximum absolute atomic E-state index is 2.40. The molecule has 0 unspecified atom stereocenters. The van der Waals surface area contributed by atoms with Crippen molar-refractivity contribution in [3.8, 4) is 0 Å². The normalized spacial score (nSPS) is 11.7. The van der Waals surface area contributed by atoms with E-state index in [2.05, 4.69) is 27.7 Å². The first-order valence-electron chi connectivity index (χ1n) is 22.1. The number of quaternary nitrogens is 1. The Balaban J connectivity index is 0. The van der Waals surface area contributed by atoms with Crippen LogP contribution in [0.1, 0.15) is 259 Å². The van der Waals surface area contributed by atoms with E-state index in [1.54, 1.807) is 0 Å². The summed E-state index contributed by atoms with van der Waals surface area (Å²) in [6.45, 7) is 15.3. The molecule has 0 heterocycles. The quantitative estimate of drug-likeness (QED) is 0.0331. The fraction of sp³-hybridized carbons (Fsp3) is 1.00. The molecule has 0 aliphatic rings. The minimum atomic E-state index is 0. The zero-order chi connectivity index (χ0) is 32.8. The van der Waals surface area contributed by atoms with Crippen LogP contribution in [0.5, 0.6) is 0 Å². The molecule has 280 valence electrons. The van der Waals surface area contributed by atoms with Crippen LogP contribution in [0.25, 0.3) is 0 Å². The second kappa shape index (κ2) is 41.9. The molecule has 46 heavy (non-hydrogen) atoms. The van der Waals surface area contributed by atoms with Crippen molar-refractivity contribution in [3.05, 3.63) is 0 Å². The van der Waals surface area contributed by atoms with E-state index < -0.39 is 0 Å². The molecule has 0 N–H and O–H groups in total. The van der Waals surface area contributed by atoms with Crippen molar-refractivity contribution in [1.82, 2.24) is 0 Å². The minimum absolute atomic E-state index is 0. The van der Waals surface area contributed by atoms with E-state index in [-0.39, 0.29) is 24.0 Å². The Labute approximate surface area is 312 Å². The van der Waals surface area contributed by atoms with Crippen molar-refractivity contribution >= 4 is 0 Å². The first-order valence-corrected chi connectivity index (χ1v) is 22.1. The van der Waals surface area contributed by atoms with E-state index >= 15 is 0 Å². The van der Waals surface area contributed by atoms with Crippen LogP contribution in [0.3, 0.4) is 0 Å². The van der Waals surface area contributed by atoms with Crippen molar-refractivity contribution in [3.63, 3.8) is 0 Å². The highest BCUT2D eigenvalue weighted by Crippen LogP contribution is 2.20. The average Bonchev–Trinajstić information content (AvgIpc) is 3.05. The number of hydrogen-bond acceptors (Lipinski definition) is 0. The van der Waals surface area contributed by atoms with Crippen molar-refractivity contribution in [1.29, 1.82) is 0 Å². The molecule has 0 aromatic carbocycles. The van der Waals surface area contributed by atoms with Gasteiger partial charge in [0.15, 0.2) is 0 Å². The van der Waals surface area contributed by atoms with Crippen LogP contribution in [0, 0.1) is 0 Å². The smallest absolute Gasteiger partial charge is 0.0786 e. The number of halogens is 1. The average molecular weight is 762 g/mol. The van der Waals surface area contributed by atoms with Gasteiger partial charge in [-0.3, -0.25) is 0 Å². The molecule has 0 saturated carbocycles. The molecule has 0 aliphatic carbocycles. The van der Waals surface area contributed by atoms with Crippen molar-refractivity contribution in [2.75, 3.05) is 26.2 Å². The van der Waals surface area contributed by atoms with E-state index in [0.717, 1.165) is 0 Å². The molecule has 0 aliphatic heterocycles. The molecule has 0 saturated heterocycles. The maximum Gasteiger partial charge on any atom is 0.0786 e. The highest BCUT2D eigenvalue weighted by molar-refractivity contribution is 4.55. The third kappa shape index (κ3) is 36.0. The van der Waals surface area contributed by atoms with Crippen LogP contribution in [-0.2, 0) is 0 Å². The van der Waals surface area contributed by atoms with Gasteiger partial charge in [-0.25, -0.2) is 0 Å². The lowest BCUT2D eigenvalue weighted by Gasteiger charge is -2.39. The number of rotatable bonds is 40. The first kappa shape index (κ1) is 48.8. The maximum atomic E-state index is 2.40. The van der Waals surface area contributed by atoms with Gasteiger partial charge in [0.2, 0.25) is 0 Å². The Morgan fingerprint density at radius 3 is 0.543 bits per heavy atom. The second-order valence-electron chi connectivity index (χ2n) is 15.5. The number of nitrogens with zero attached hydrogens (tertiary/aromatic N) is 1. The van der Waals surface area contributed by atoms with Gasteiger partial charge in [-0.2, -0.15) is 0 Å². The summed E-state index contributed by atoms with van der Waals surface area (Å²) in [7, 11) is 0. The fourth-order valence-corrected chi connectivity index (χ4v) is 7.65. The van der Waals surface area contributed by atoms with Gasteiger partial charge < -0.3 is 28.5 Å². The van der Waals surface area contributed by atoms with Crippen LogP contribution < -0.4 is 24.0 Å². The highest BCUT2D eigenvalue weighted by Gasteiger charge is 2.25. The molecule has 0 fully saturated rings. The van der Waals surface area contributed by atoms with Crippen LogP contribution in [0.2, 0.25) is 0 Å². The summed E-state index contributed by atoms with van der Waals surface area (Å²) < 4.78 is 1.46. The SMILES string of the molecule is CCCCCCCCCCCCCCCCCC[N+](CCCC)(CCCC)CCCCCCCCCCCCCCCCCC.[I-]. The lowest BCUT2D eigenvalue weighted by atomic mass is 10.0. The van der Waals surface area contributed by atoms with E-state index in [4.69, 9.17) is 0 Å². The fourth-order valence-electron chi connectivity index (χ4n) is 7.65. The lowest BCUT2D eigenvalue weighted by Crippen LogP contribution is -3.00. The Morgan fingerprint density at radius 2 is 0.348 bits per heavy atom. The van der Waals surface area contributed by atoms with E-state index in [1.165, 1.54) is 262 Å². The molecule has 0 spiro atoms. The Bertz CT molecular complexity index is 474. The molecule has 0 aromatic heterocycles. The summed E-state index contributed by atoms with van der Waals surface area (Å²) in [5, 5.41) is 0. The number of hydrogen-bond donors (Lipinski definition) is 0. The van der Waals surface area contributed by atoms with E-state index in [0.29, 0.717) is 0 Å². The molecule has 0 bridgehead atoms. The molecule has 0 rings (SSSR count). The van der Waals surface area contributed by atoms with E-state index in [1.807, 2.05) is 0 Å². The molecule has 0 radical (unpaired) electrons. The van der Waals surface area contributed by atoms with Gasteiger partial charge in [0.05, 0.1) is 26.2 Å². The molecule has 0 amide bonds. The standard InChI is InChI=1S/C44H92N.HI/c1-5-9-13-15-17-19-21-23-25-27-29-31-33-35-37-39-43-45(41-11-7-3,42-12-8-4)44-40-38-36-34-32-30-28-26-24-22-20-18-16-14-10-6-2;/h5-44H2,1-4H3;1H/q+1;/p-1.